The van der Waals surface area contributed by atoms with Crippen LogP contribution in [0.15, 0.2) is 80.9 Å². The van der Waals surface area contributed by atoms with Crippen molar-refractivity contribution in [2.24, 2.45) is 0 Å². The summed E-state index contributed by atoms with van der Waals surface area (Å²) in [4.78, 5) is 38.2. The number of H-pyrrole nitrogens is 1. The van der Waals surface area contributed by atoms with E-state index in [4.69, 9.17) is 18.5 Å². The minimum atomic E-state index is -4.49. The second kappa shape index (κ2) is 12.8. The highest BCUT2D eigenvalue weighted by Crippen LogP contribution is 2.48. The zero-order valence-electron chi connectivity index (χ0n) is 21.3. The van der Waals surface area contributed by atoms with Gasteiger partial charge in [0.1, 0.15) is 24.5 Å². The van der Waals surface area contributed by atoms with Crippen LogP contribution in [-0.2, 0) is 30.0 Å². The van der Waals surface area contributed by atoms with Gasteiger partial charge < -0.3 is 19.1 Å². The Hall–Kier alpha value is -3.20. The molecule has 4 rings (SSSR count). The molecule has 1 saturated heterocycles. The number of carbonyl (C=O) groups is 1. The maximum Gasteiger partial charge on any atom is 0.459 e. The molecular formula is C25H25BrF2N3O9P. The van der Waals surface area contributed by atoms with E-state index in [1.165, 1.54) is 19.1 Å². The van der Waals surface area contributed by atoms with E-state index in [0.717, 1.165) is 6.20 Å². The number of benzene rings is 2. The minimum Gasteiger partial charge on any atom is -0.460 e. The van der Waals surface area contributed by atoms with E-state index in [1.807, 2.05) is 4.98 Å². The molecule has 220 valence electrons. The highest BCUT2D eigenvalue weighted by Gasteiger charge is 2.60. The summed E-state index contributed by atoms with van der Waals surface area (Å²) in [5, 5.41) is 12.7. The molecule has 3 N–H and O–H groups in total. The van der Waals surface area contributed by atoms with Gasteiger partial charge >= 0.3 is 25.3 Å². The topological polar surface area (TPSA) is 158 Å². The summed E-state index contributed by atoms with van der Waals surface area (Å²) in [6, 6.07) is 15.3. The van der Waals surface area contributed by atoms with Crippen molar-refractivity contribution in [1.82, 2.24) is 14.6 Å². The summed E-state index contributed by atoms with van der Waals surface area (Å²) in [6.45, 7) is 0.369. The van der Waals surface area contributed by atoms with E-state index in [9.17, 15) is 32.8 Å². The Labute approximate surface area is 239 Å². The van der Waals surface area contributed by atoms with Crippen LogP contribution >= 0.6 is 23.7 Å². The van der Waals surface area contributed by atoms with Crippen molar-refractivity contribution in [3.8, 4) is 5.75 Å². The van der Waals surface area contributed by atoms with Gasteiger partial charge in [0.15, 0.2) is 6.10 Å². The number of aliphatic hydroxyl groups is 1. The molecular weight excluding hydrogens is 635 g/mol. The number of ether oxygens (including phenoxy) is 2. The number of aromatic amines is 1. The zero-order valence-corrected chi connectivity index (χ0v) is 23.8. The number of esters is 1. The van der Waals surface area contributed by atoms with Crippen molar-refractivity contribution in [1.29, 1.82) is 0 Å². The van der Waals surface area contributed by atoms with Crippen LogP contribution in [0.3, 0.4) is 0 Å². The molecule has 0 radical (unpaired) electrons. The van der Waals surface area contributed by atoms with E-state index in [2.05, 4.69) is 21.0 Å². The first-order valence-electron chi connectivity index (χ1n) is 12.1. The third-order valence-corrected chi connectivity index (χ3v) is 8.07. The largest absolute Gasteiger partial charge is 0.460 e. The van der Waals surface area contributed by atoms with Gasteiger partial charge in [0.25, 0.3) is 5.56 Å². The van der Waals surface area contributed by atoms with Crippen LogP contribution in [0.25, 0.3) is 0 Å². The van der Waals surface area contributed by atoms with Crippen molar-refractivity contribution in [3.63, 3.8) is 0 Å². The molecule has 41 heavy (non-hydrogen) atoms. The monoisotopic (exact) mass is 659 g/mol. The average molecular weight is 660 g/mol. The lowest BCUT2D eigenvalue weighted by Gasteiger charge is -2.24. The highest BCUT2D eigenvalue weighted by atomic mass is 79.9. The number of nitrogens with one attached hydrogen (secondary N) is 2. The fourth-order valence-corrected chi connectivity index (χ4v) is 5.59. The first-order valence-corrected chi connectivity index (χ1v) is 14.4. The maximum atomic E-state index is 15.0. The molecule has 0 saturated carbocycles. The van der Waals surface area contributed by atoms with Crippen molar-refractivity contribution in [2.75, 3.05) is 6.61 Å². The lowest BCUT2D eigenvalue weighted by atomic mass is 10.1. The van der Waals surface area contributed by atoms with Crippen molar-refractivity contribution in [2.45, 2.75) is 43.9 Å². The Kier molecular flexibility index (Phi) is 9.57. The number of aromatic nitrogens is 2. The number of aliphatic hydroxyl groups excluding tert-OH is 1. The molecule has 0 bridgehead atoms. The third kappa shape index (κ3) is 7.36. The Morgan fingerprint density at radius 3 is 2.49 bits per heavy atom. The fraction of sp³-hybridized carbons (Fsp3) is 0.320. The van der Waals surface area contributed by atoms with Crippen LogP contribution in [-0.4, -0.2) is 51.4 Å². The maximum absolute atomic E-state index is 15.0. The minimum absolute atomic E-state index is 0.0603. The normalized spacial score (nSPS) is 22.0. The van der Waals surface area contributed by atoms with Gasteiger partial charge in [-0.2, -0.15) is 13.9 Å². The number of nitrogens with zero attached hydrogens (tertiary/aromatic N) is 1. The van der Waals surface area contributed by atoms with Gasteiger partial charge in [0, 0.05) is 6.20 Å². The molecule has 1 aromatic heterocycles. The quantitative estimate of drug-likeness (QED) is 0.206. The average Bonchev–Trinajstić information content (AvgIpc) is 3.17. The summed E-state index contributed by atoms with van der Waals surface area (Å²) in [6.07, 6.45) is -5.85. The van der Waals surface area contributed by atoms with E-state index >= 15 is 0 Å². The third-order valence-electron chi connectivity index (χ3n) is 5.86. The molecule has 2 heterocycles. The molecule has 0 spiro atoms. The summed E-state index contributed by atoms with van der Waals surface area (Å²) in [5.41, 5.74) is -1.35. The summed E-state index contributed by atoms with van der Waals surface area (Å²) in [5.74, 6) is -4.77. The van der Waals surface area contributed by atoms with Crippen molar-refractivity contribution < 1.29 is 41.8 Å². The number of hydrogen-bond acceptors (Lipinski definition) is 9. The van der Waals surface area contributed by atoms with Gasteiger partial charge in [-0.25, -0.2) is 9.36 Å². The Bertz CT molecular complexity index is 1520. The summed E-state index contributed by atoms with van der Waals surface area (Å²) < 4.78 is 65.2. The van der Waals surface area contributed by atoms with Crippen LogP contribution in [0.4, 0.5) is 8.78 Å². The van der Waals surface area contributed by atoms with Gasteiger partial charge in [-0.1, -0.05) is 48.5 Å². The molecule has 1 aliphatic rings. The molecule has 2 aromatic carbocycles. The Balaban J connectivity index is 1.49. The number of halogens is 3. The molecule has 0 amide bonds. The lowest BCUT2D eigenvalue weighted by Crippen LogP contribution is -2.43. The zero-order chi connectivity index (χ0) is 29.8. The second-order valence-corrected chi connectivity index (χ2v) is 11.5. The molecule has 16 heteroatoms. The van der Waals surface area contributed by atoms with Crippen molar-refractivity contribution >= 4 is 29.6 Å². The first-order chi connectivity index (χ1) is 19.4. The van der Waals surface area contributed by atoms with Gasteiger partial charge in [-0.15, -0.1) is 0 Å². The van der Waals surface area contributed by atoms with Crippen LogP contribution in [0.5, 0.6) is 5.75 Å². The van der Waals surface area contributed by atoms with E-state index in [-0.39, 0.29) is 16.8 Å². The van der Waals surface area contributed by atoms with Crippen LogP contribution in [0.2, 0.25) is 0 Å². The van der Waals surface area contributed by atoms with Crippen LogP contribution in [0, 0.1) is 0 Å². The van der Waals surface area contributed by atoms with Crippen LogP contribution in [0.1, 0.15) is 18.7 Å². The van der Waals surface area contributed by atoms with Gasteiger partial charge in [0.05, 0.1) is 11.1 Å². The van der Waals surface area contributed by atoms with Crippen LogP contribution < -0.4 is 20.9 Å². The number of hydrogen-bond donors (Lipinski definition) is 3. The van der Waals surface area contributed by atoms with Gasteiger partial charge in [-0.3, -0.25) is 23.7 Å². The lowest BCUT2D eigenvalue weighted by molar-refractivity contribution is -0.146. The summed E-state index contributed by atoms with van der Waals surface area (Å²) in [7, 11) is -4.49. The van der Waals surface area contributed by atoms with Gasteiger partial charge in [0.2, 0.25) is 6.23 Å². The fourth-order valence-electron chi connectivity index (χ4n) is 3.77. The molecule has 1 fully saturated rings. The standard InChI is InChI=1S/C25H25BrF2N3O9P/c1-15(22(34)37-13-16-8-4-2-5-9-16)30-41(36,40-17-10-6-3-7-11-17)38-14-19-20(32)25(27,28)23(39-19)31-12-18(26)21(33)29-24(31)35/h2-12,15,19-20,23,32H,13-14H2,1H3,(H,30,36)(H,29,33,35)/t15-,19+,20+,23+,41?/m0/s1. The highest BCUT2D eigenvalue weighted by molar-refractivity contribution is 9.10. The number of rotatable bonds is 11. The predicted molar refractivity (Wildman–Crippen MR) is 143 cm³/mol. The molecule has 12 nitrogen and oxygen atoms in total. The number of alkyl halides is 2. The predicted octanol–water partition coefficient (Wildman–Crippen LogP) is 3.12. The first kappa shape index (κ1) is 30.8. The Morgan fingerprint density at radius 1 is 1.20 bits per heavy atom. The van der Waals surface area contributed by atoms with Crippen molar-refractivity contribution in [3.05, 3.63) is 97.7 Å². The SMILES string of the molecule is C[C@H](NP(=O)(OC[C@H]1O[C@@H](n2cc(Br)c(=O)[nH]c2=O)C(F)(F)[C@@H]1O)Oc1ccccc1)C(=O)OCc1ccccc1. The van der Waals surface area contributed by atoms with Gasteiger partial charge in [-0.05, 0) is 40.5 Å². The molecule has 1 aliphatic heterocycles. The molecule has 5 atom stereocenters. The second-order valence-electron chi connectivity index (χ2n) is 8.93. The van der Waals surface area contributed by atoms with E-state index in [1.54, 1.807) is 48.5 Å². The van der Waals surface area contributed by atoms with E-state index < -0.39 is 62.0 Å². The summed E-state index contributed by atoms with van der Waals surface area (Å²) >= 11 is 2.85. The molecule has 1 unspecified atom stereocenters. The molecule has 3 aromatic rings. The number of carbonyl (C=O) groups excluding carboxylic acids is 1. The smallest absolute Gasteiger partial charge is 0.459 e. The Morgan fingerprint density at radius 2 is 1.83 bits per heavy atom. The number of para-hydroxylation sites is 1. The van der Waals surface area contributed by atoms with E-state index in [0.29, 0.717) is 10.1 Å². The molecule has 0 aliphatic carbocycles.